The SMILES string of the molecule is COC(=O)C(C)COC(=O)C(F)(F)S(=O)(=O)O. The number of alkyl halides is 2. The Balaban J connectivity index is 4.54. The van der Waals surface area contributed by atoms with Gasteiger partial charge in [-0.15, -0.1) is 0 Å². The zero-order valence-electron chi connectivity index (χ0n) is 8.85. The van der Waals surface area contributed by atoms with Crippen LogP contribution in [0.25, 0.3) is 0 Å². The molecule has 0 aromatic carbocycles. The molecule has 0 aromatic rings. The van der Waals surface area contributed by atoms with E-state index in [2.05, 4.69) is 9.47 Å². The average molecular weight is 276 g/mol. The summed E-state index contributed by atoms with van der Waals surface area (Å²) in [6.07, 6.45) is 0. The monoisotopic (exact) mass is 276 g/mol. The summed E-state index contributed by atoms with van der Waals surface area (Å²) in [4.78, 5) is 21.5. The minimum absolute atomic E-state index is 0.795. The van der Waals surface area contributed by atoms with E-state index in [1.807, 2.05) is 0 Å². The van der Waals surface area contributed by atoms with Crippen molar-refractivity contribution in [3.8, 4) is 0 Å². The summed E-state index contributed by atoms with van der Waals surface area (Å²) in [5.74, 6) is -4.33. The van der Waals surface area contributed by atoms with Gasteiger partial charge in [0.2, 0.25) is 0 Å². The first-order valence-electron chi connectivity index (χ1n) is 4.14. The number of methoxy groups -OCH3 is 1. The second-order valence-electron chi connectivity index (χ2n) is 3.01. The maximum atomic E-state index is 12.6. The maximum Gasteiger partial charge on any atom is 0.465 e. The van der Waals surface area contributed by atoms with Gasteiger partial charge in [-0.3, -0.25) is 9.35 Å². The molecular weight excluding hydrogens is 266 g/mol. The van der Waals surface area contributed by atoms with Crippen LogP contribution >= 0.6 is 0 Å². The van der Waals surface area contributed by atoms with Crippen molar-refractivity contribution in [2.45, 2.75) is 12.2 Å². The van der Waals surface area contributed by atoms with E-state index in [0.717, 1.165) is 7.11 Å². The van der Waals surface area contributed by atoms with Crippen LogP contribution in [0, 0.1) is 5.92 Å². The van der Waals surface area contributed by atoms with E-state index in [1.165, 1.54) is 6.92 Å². The molecule has 0 saturated heterocycles. The molecule has 0 aromatic heterocycles. The van der Waals surface area contributed by atoms with Crippen molar-refractivity contribution < 1.29 is 40.8 Å². The Morgan fingerprint density at radius 2 is 1.88 bits per heavy atom. The van der Waals surface area contributed by atoms with Gasteiger partial charge in [0.15, 0.2) is 0 Å². The molecule has 1 N–H and O–H groups in total. The lowest BCUT2D eigenvalue weighted by Gasteiger charge is -2.14. The fourth-order valence-electron chi connectivity index (χ4n) is 0.659. The van der Waals surface area contributed by atoms with Gasteiger partial charge in [-0.25, -0.2) is 4.79 Å². The minimum atomic E-state index is -5.90. The van der Waals surface area contributed by atoms with Gasteiger partial charge in [-0.2, -0.15) is 17.2 Å². The largest absolute Gasteiger partial charge is 0.469 e. The molecule has 0 heterocycles. The molecule has 1 atom stereocenters. The number of carbonyl (C=O) groups is 2. The number of ether oxygens (including phenoxy) is 2. The first kappa shape index (κ1) is 15.7. The van der Waals surface area contributed by atoms with Crippen LogP contribution in [-0.4, -0.2) is 43.9 Å². The highest BCUT2D eigenvalue weighted by Crippen LogP contribution is 2.22. The van der Waals surface area contributed by atoms with Crippen LogP contribution in [-0.2, 0) is 29.2 Å². The van der Waals surface area contributed by atoms with E-state index < -0.39 is 39.8 Å². The van der Waals surface area contributed by atoms with Crippen LogP contribution in [0.5, 0.6) is 0 Å². The number of rotatable bonds is 5. The van der Waals surface area contributed by atoms with Crippen molar-refractivity contribution in [3.05, 3.63) is 0 Å². The van der Waals surface area contributed by atoms with Gasteiger partial charge >= 0.3 is 27.3 Å². The Morgan fingerprint density at radius 3 is 2.24 bits per heavy atom. The van der Waals surface area contributed by atoms with Crippen molar-refractivity contribution >= 4 is 22.1 Å². The van der Waals surface area contributed by atoms with Gasteiger partial charge in [-0.05, 0) is 6.92 Å². The molecule has 0 radical (unpaired) electrons. The Morgan fingerprint density at radius 1 is 1.41 bits per heavy atom. The minimum Gasteiger partial charge on any atom is -0.469 e. The van der Waals surface area contributed by atoms with Gasteiger partial charge in [0.1, 0.15) is 6.61 Å². The lowest BCUT2D eigenvalue weighted by atomic mass is 10.2. The van der Waals surface area contributed by atoms with E-state index in [1.54, 1.807) is 0 Å². The van der Waals surface area contributed by atoms with Gasteiger partial charge in [0.05, 0.1) is 13.0 Å². The Bertz CT molecular complexity index is 402. The Hall–Kier alpha value is -1.29. The first-order chi connectivity index (χ1) is 7.54. The van der Waals surface area contributed by atoms with Crippen molar-refractivity contribution in [2.24, 2.45) is 5.92 Å². The van der Waals surface area contributed by atoms with Crippen LogP contribution in [0.3, 0.4) is 0 Å². The number of hydrogen-bond donors (Lipinski definition) is 1. The van der Waals surface area contributed by atoms with Crippen molar-refractivity contribution in [2.75, 3.05) is 13.7 Å². The molecule has 0 amide bonds. The molecule has 0 spiro atoms. The summed E-state index contributed by atoms with van der Waals surface area (Å²) in [6, 6.07) is 0. The van der Waals surface area contributed by atoms with E-state index in [4.69, 9.17) is 4.55 Å². The van der Waals surface area contributed by atoms with Crippen LogP contribution in [0.1, 0.15) is 6.92 Å². The molecule has 0 rings (SSSR count). The molecule has 1 unspecified atom stereocenters. The maximum absolute atomic E-state index is 12.6. The van der Waals surface area contributed by atoms with Gasteiger partial charge in [0.25, 0.3) is 0 Å². The molecule has 10 heteroatoms. The Labute approximate surface area is 95.4 Å². The normalized spacial score (nSPS) is 13.9. The summed E-state index contributed by atoms with van der Waals surface area (Å²) >= 11 is 0. The third kappa shape index (κ3) is 3.89. The number of hydrogen-bond acceptors (Lipinski definition) is 6. The lowest BCUT2D eigenvalue weighted by Crippen LogP contribution is -2.39. The lowest BCUT2D eigenvalue weighted by molar-refractivity contribution is -0.165. The predicted molar refractivity (Wildman–Crippen MR) is 48.6 cm³/mol. The molecule has 0 aliphatic heterocycles. The van der Waals surface area contributed by atoms with Crippen molar-refractivity contribution in [1.82, 2.24) is 0 Å². The van der Waals surface area contributed by atoms with E-state index in [9.17, 15) is 26.8 Å². The summed E-state index contributed by atoms with van der Waals surface area (Å²) < 4.78 is 61.7. The molecular formula is C7H10F2O7S. The third-order valence-electron chi connectivity index (χ3n) is 1.63. The van der Waals surface area contributed by atoms with Gasteiger partial charge in [-0.1, -0.05) is 0 Å². The molecule has 7 nitrogen and oxygen atoms in total. The highest BCUT2D eigenvalue weighted by atomic mass is 32.2. The van der Waals surface area contributed by atoms with Gasteiger partial charge in [0, 0.05) is 0 Å². The number of esters is 2. The zero-order chi connectivity index (χ0) is 13.9. The fourth-order valence-corrected chi connectivity index (χ4v) is 0.929. The molecule has 0 aliphatic carbocycles. The van der Waals surface area contributed by atoms with E-state index in [-0.39, 0.29) is 0 Å². The summed E-state index contributed by atoms with van der Waals surface area (Å²) in [6.45, 7) is 0.418. The zero-order valence-corrected chi connectivity index (χ0v) is 9.66. The third-order valence-corrected chi connectivity index (χ3v) is 2.44. The first-order valence-corrected chi connectivity index (χ1v) is 5.58. The molecule has 100 valence electrons. The topological polar surface area (TPSA) is 107 Å². The molecule has 0 fully saturated rings. The van der Waals surface area contributed by atoms with Crippen LogP contribution in [0.2, 0.25) is 0 Å². The van der Waals surface area contributed by atoms with Crippen LogP contribution in [0.4, 0.5) is 8.78 Å². The average Bonchev–Trinajstić information content (AvgIpc) is 2.22. The second-order valence-corrected chi connectivity index (χ2v) is 4.48. The molecule has 0 bridgehead atoms. The highest BCUT2D eigenvalue weighted by molar-refractivity contribution is 7.87. The van der Waals surface area contributed by atoms with Gasteiger partial charge < -0.3 is 9.47 Å². The van der Waals surface area contributed by atoms with E-state index in [0.29, 0.717) is 0 Å². The summed E-state index contributed by atoms with van der Waals surface area (Å²) in [5.41, 5.74) is 0. The second kappa shape index (κ2) is 5.36. The molecule has 0 aliphatic rings. The quantitative estimate of drug-likeness (QED) is 0.548. The number of halogens is 2. The Kier molecular flexibility index (Phi) is 4.95. The standard InChI is InChI=1S/C7H10F2O7S/c1-4(5(10)15-2)3-16-6(11)7(8,9)17(12,13)14/h4H,3H2,1-2H3,(H,12,13,14). The summed E-state index contributed by atoms with van der Waals surface area (Å²) in [5, 5.41) is -5.07. The molecule has 17 heavy (non-hydrogen) atoms. The highest BCUT2D eigenvalue weighted by Gasteiger charge is 2.54. The molecule has 0 saturated carbocycles. The van der Waals surface area contributed by atoms with Crippen LogP contribution < -0.4 is 0 Å². The van der Waals surface area contributed by atoms with Crippen LogP contribution in [0.15, 0.2) is 0 Å². The fraction of sp³-hybridized carbons (Fsp3) is 0.714. The van der Waals surface area contributed by atoms with Crippen molar-refractivity contribution in [3.63, 3.8) is 0 Å². The smallest absolute Gasteiger partial charge is 0.465 e. The van der Waals surface area contributed by atoms with Crippen molar-refractivity contribution in [1.29, 1.82) is 0 Å². The predicted octanol–water partition coefficient (Wildman–Crippen LogP) is -0.181. The summed E-state index contributed by atoms with van der Waals surface area (Å²) in [7, 11) is -4.86. The van der Waals surface area contributed by atoms with E-state index >= 15 is 0 Å². The number of carbonyl (C=O) groups excluding carboxylic acids is 2.